The van der Waals surface area contributed by atoms with Crippen molar-refractivity contribution in [1.82, 2.24) is 0 Å². The fourth-order valence-electron chi connectivity index (χ4n) is 2.33. The van der Waals surface area contributed by atoms with Gasteiger partial charge in [-0.3, -0.25) is 0 Å². The summed E-state index contributed by atoms with van der Waals surface area (Å²) in [5.74, 6) is 0.907. The Kier molecular flexibility index (Phi) is 3.26. The van der Waals surface area contributed by atoms with Crippen LogP contribution < -0.4 is 4.74 Å². The molecule has 0 spiro atoms. The monoisotopic (exact) mass is 254 g/mol. The van der Waals surface area contributed by atoms with E-state index in [9.17, 15) is 0 Å². The molecule has 0 atom stereocenters. The van der Waals surface area contributed by atoms with Gasteiger partial charge in [-0.05, 0) is 36.1 Å². The minimum absolute atomic E-state index is 0.0495. The number of ether oxygens (including phenoxy) is 2. The van der Waals surface area contributed by atoms with Gasteiger partial charge in [0.25, 0.3) is 0 Å². The van der Waals surface area contributed by atoms with Crippen LogP contribution in [0.2, 0.25) is 0 Å². The zero-order valence-electron chi connectivity index (χ0n) is 11.1. The van der Waals surface area contributed by atoms with Gasteiger partial charge in [-0.25, -0.2) is 0 Å². The Bertz CT molecular complexity index is 544. The summed E-state index contributed by atoms with van der Waals surface area (Å²) < 4.78 is 11.4. The van der Waals surface area contributed by atoms with Gasteiger partial charge in [-0.1, -0.05) is 42.5 Å². The topological polar surface area (TPSA) is 18.5 Å². The van der Waals surface area contributed by atoms with E-state index in [0.29, 0.717) is 6.61 Å². The van der Waals surface area contributed by atoms with E-state index < -0.39 is 0 Å². The third-order valence-corrected chi connectivity index (χ3v) is 3.70. The normalized spacial score (nSPS) is 16.1. The molecule has 2 nitrogen and oxygen atoms in total. The Morgan fingerprint density at radius 1 is 1.00 bits per heavy atom. The van der Waals surface area contributed by atoms with Crippen LogP contribution in [0.25, 0.3) is 0 Å². The molecule has 2 aromatic rings. The van der Waals surface area contributed by atoms with Crippen molar-refractivity contribution < 1.29 is 9.47 Å². The van der Waals surface area contributed by atoms with Crippen LogP contribution >= 0.6 is 0 Å². The van der Waals surface area contributed by atoms with Gasteiger partial charge < -0.3 is 9.47 Å². The van der Waals surface area contributed by atoms with Gasteiger partial charge in [0, 0.05) is 7.11 Å². The van der Waals surface area contributed by atoms with E-state index >= 15 is 0 Å². The lowest BCUT2D eigenvalue weighted by molar-refractivity contribution is 0.0786. The van der Waals surface area contributed by atoms with E-state index in [-0.39, 0.29) is 5.60 Å². The third-order valence-electron chi connectivity index (χ3n) is 3.70. The minimum atomic E-state index is -0.0495. The average Bonchev–Trinajstić information content (AvgIpc) is 3.28. The lowest BCUT2D eigenvalue weighted by atomic mass is 10.1. The second kappa shape index (κ2) is 5.06. The maximum Gasteiger partial charge on any atom is 0.120 e. The largest absolute Gasteiger partial charge is 0.489 e. The van der Waals surface area contributed by atoms with E-state index in [2.05, 4.69) is 24.3 Å². The van der Waals surface area contributed by atoms with Crippen LogP contribution in [0.1, 0.15) is 24.0 Å². The SMILES string of the molecule is COC1(c2cccc(OCc3ccccc3)c2)CC1. The van der Waals surface area contributed by atoms with Crippen LogP contribution in [0, 0.1) is 0 Å². The highest BCUT2D eigenvalue weighted by molar-refractivity contribution is 5.35. The molecule has 0 bridgehead atoms. The summed E-state index contributed by atoms with van der Waals surface area (Å²) in [5.41, 5.74) is 2.35. The van der Waals surface area contributed by atoms with Crippen LogP contribution in [0.15, 0.2) is 54.6 Å². The van der Waals surface area contributed by atoms with Crippen molar-refractivity contribution in [3.8, 4) is 5.75 Å². The van der Waals surface area contributed by atoms with Gasteiger partial charge in [0.05, 0.1) is 5.60 Å². The first-order chi connectivity index (χ1) is 9.32. The highest BCUT2D eigenvalue weighted by atomic mass is 16.5. The van der Waals surface area contributed by atoms with Crippen molar-refractivity contribution in [3.05, 3.63) is 65.7 Å². The van der Waals surface area contributed by atoms with Crippen molar-refractivity contribution in [2.45, 2.75) is 25.0 Å². The lowest BCUT2D eigenvalue weighted by Gasteiger charge is -2.15. The van der Waals surface area contributed by atoms with Gasteiger partial charge in [-0.2, -0.15) is 0 Å². The molecule has 1 aliphatic rings. The average molecular weight is 254 g/mol. The van der Waals surface area contributed by atoms with Crippen LogP contribution in [0.4, 0.5) is 0 Å². The summed E-state index contributed by atoms with van der Waals surface area (Å²) in [5, 5.41) is 0. The molecule has 2 aromatic carbocycles. The molecule has 1 fully saturated rings. The Balaban J connectivity index is 1.70. The molecule has 2 heteroatoms. The zero-order valence-corrected chi connectivity index (χ0v) is 11.1. The molecule has 98 valence electrons. The van der Waals surface area contributed by atoms with E-state index in [1.54, 1.807) is 7.11 Å². The van der Waals surface area contributed by atoms with E-state index in [1.807, 2.05) is 30.3 Å². The minimum Gasteiger partial charge on any atom is -0.489 e. The predicted molar refractivity (Wildman–Crippen MR) is 75.1 cm³/mol. The highest BCUT2D eigenvalue weighted by Crippen LogP contribution is 2.49. The van der Waals surface area contributed by atoms with Crippen molar-refractivity contribution >= 4 is 0 Å². The third kappa shape index (κ3) is 2.64. The van der Waals surface area contributed by atoms with Crippen molar-refractivity contribution in [1.29, 1.82) is 0 Å². The smallest absolute Gasteiger partial charge is 0.120 e. The Morgan fingerprint density at radius 3 is 2.47 bits per heavy atom. The van der Waals surface area contributed by atoms with E-state index in [4.69, 9.17) is 9.47 Å². The molecule has 19 heavy (non-hydrogen) atoms. The lowest BCUT2D eigenvalue weighted by Crippen LogP contribution is -2.08. The van der Waals surface area contributed by atoms with Crippen LogP contribution in [-0.2, 0) is 16.9 Å². The quantitative estimate of drug-likeness (QED) is 0.805. The van der Waals surface area contributed by atoms with Gasteiger partial charge in [-0.15, -0.1) is 0 Å². The molecule has 0 aromatic heterocycles. The fourth-order valence-corrected chi connectivity index (χ4v) is 2.33. The van der Waals surface area contributed by atoms with E-state index in [0.717, 1.165) is 18.6 Å². The molecule has 0 radical (unpaired) electrons. The van der Waals surface area contributed by atoms with Crippen LogP contribution in [0.3, 0.4) is 0 Å². The molecule has 0 N–H and O–H groups in total. The number of hydrogen-bond acceptors (Lipinski definition) is 2. The summed E-state index contributed by atoms with van der Waals surface area (Å²) in [6, 6.07) is 18.5. The maximum absolute atomic E-state index is 5.84. The molecule has 0 amide bonds. The molecule has 3 rings (SSSR count). The molecule has 0 aliphatic heterocycles. The second-order valence-corrected chi connectivity index (χ2v) is 5.00. The summed E-state index contributed by atoms with van der Waals surface area (Å²) in [4.78, 5) is 0. The van der Waals surface area contributed by atoms with Gasteiger partial charge in [0.1, 0.15) is 12.4 Å². The van der Waals surface area contributed by atoms with Crippen molar-refractivity contribution in [3.63, 3.8) is 0 Å². The predicted octanol–water partition coefficient (Wildman–Crippen LogP) is 3.90. The Morgan fingerprint density at radius 2 is 1.79 bits per heavy atom. The fraction of sp³-hybridized carbons (Fsp3) is 0.294. The van der Waals surface area contributed by atoms with Gasteiger partial charge in [0.15, 0.2) is 0 Å². The molecular formula is C17H18O2. The zero-order chi connectivity index (χ0) is 13.1. The highest BCUT2D eigenvalue weighted by Gasteiger charge is 2.44. The molecule has 0 unspecified atom stereocenters. The summed E-state index contributed by atoms with van der Waals surface area (Å²) in [7, 11) is 1.78. The standard InChI is InChI=1S/C17H18O2/c1-18-17(10-11-17)15-8-5-9-16(12-15)19-13-14-6-3-2-4-7-14/h2-9,12H,10-11,13H2,1H3. The first-order valence-corrected chi connectivity index (χ1v) is 6.65. The second-order valence-electron chi connectivity index (χ2n) is 5.00. The van der Waals surface area contributed by atoms with Crippen molar-refractivity contribution in [2.24, 2.45) is 0 Å². The Labute approximate surface area is 114 Å². The number of rotatable bonds is 5. The molecule has 0 saturated heterocycles. The van der Waals surface area contributed by atoms with E-state index in [1.165, 1.54) is 11.1 Å². The summed E-state index contributed by atoms with van der Waals surface area (Å²) in [6.07, 6.45) is 2.21. The van der Waals surface area contributed by atoms with Crippen LogP contribution in [-0.4, -0.2) is 7.11 Å². The maximum atomic E-state index is 5.84. The van der Waals surface area contributed by atoms with Gasteiger partial charge in [0.2, 0.25) is 0 Å². The molecule has 1 aliphatic carbocycles. The first kappa shape index (κ1) is 12.2. The summed E-state index contributed by atoms with van der Waals surface area (Å²) in [6.45, 7) is 0.601. The molecule has 0 heterocycles. The first-order valence-electron chi connectivity index (χ1n) is 6.65. The summed E-state index contributed by atoms with van der Waals surface area (Å²) >= 11 is 0. The van der Waals surface area contributed by atoms with Gasteiger partial charge >= 0.3 is 0 Å². The van der Waals surface area contributed by atoms with Crippen molar-refractivity contribution in [2.75, 3.05) is 7.11 Å². The number of methoxy groups -OCH3 is 1. The molecular weight excluding hydrogens is 236 g/mol. The Hall–Kier alpha value is -1.80. The number of benzene rings is 2. The molecule has 1 saturated carbocycles. The number of hydrogen-bond donors (Lipinski definition) is 0. The van der Waals surface area contributed by atoms with Crippen LogP contribution in [0.5, 0.6) is 5.75 Å².